The third-order valence-electron chi connectivity index (χ3n) is 7.28. The van der Waals surface area contributed by atoms with Crippen LogP contribution in [0.1, 0.15) is 57.5 Å². The molecule has 0 aromatic heterocycles. The second kappa shape index (κ2) is 8.54. The minimum absolute atomic E-state index is 0.0602. The van der Waals surface area contributed by atoms with E-state index in [-0.39, 0.29) is 24.3 Å². The van der Waals surface area contributed by atoms with Crippen LogP contribution in [0.3, 0.4) is 0 Å². The van der Waals surface area contributed by atoms with Crippen LogP contribution >= 0.6 is 0 Å². The van der Waals surface area contributed by atoms with E-state index in [9.17, 15) is 9.59 Å². The Morgan fingerprint density at radius 1 is 1.00 bits per heavy atom. The first-order valence-corrected chi connectivity index (χ1v) is 12.0. The minimum Gasteiger partial charge on any atom is -0.399 e. The highest BCUT2D eigenvalue weighted by Crippen LogP contribution is 2.38. The topological polar surface area (TPSA) is 59.1 Å². The van der Waals surface area contributed by atoms with Gasteiger partial charge in [-0.1, -0.05) is 38.1 Å². The second-order valence-electron chi connectivity index (χ2n) is 10.9. The molecule has 0 bridgehead atoms. The summed E-state index contributed by atoms with van der Waals surface area (Å²) in [6.07, 6.45) is 0. The molecule has 180 valence electrons. The first kappa shape index (κ1) is 24.5. The van der Waals surface area contributed by atoms with Crippen LogP contribution in [0.15, 0.2) is 36.4 Å². The zero-order valence-electron chi connectivity index (χ0n) is 21.6. The molecule has 0 radical (unpaired) electrons. The van der Waals surface area contributed by atoms with Gasteiger partial charge in [-0.05, 0) is 74.8 Å². The highest BCUT2D eigenvalue weighted by Gasteiger charge is 2.52. The van der Waals surface area contributed by atoms with Crippen LogP contribution in [0.4, 0.5) is 5.69 Å². The van der Waals surface area contributed by atoms with E-state index in [1.807, 2.05) is 64.1 Å². The van der Waals surface area contributed by atoms with Gasteiger partial charge in [0.25, 0.3) is 5.91 Å². The lowest BCUT2D eigenvalue weighted by Crippen LogP contribution is -2.41. The number of benzene rings is 2. The molecule has 1 saturated heterocycles. The number of carbonyl (C=O) groups excluding carboxylic acids is 2. The van der Waals surface area contributed by atoms with Crippen LogP contribution in [-0.2, 0) is 14.1 Å². The number of anilines is 1. The summed E-state index contributed by atoms with van der Waals surface area (Å²) in [5, 5.41) is 0. The molecule has 2 amide bonds. The first-order valence-electron chi connectivity index (χ1n) is 12.0. The normalized spacial score (nSPS) is 19.6. The Kier molecular flexibility index (Phi) is 6.15. The van der Waals surface area contributed by atoms with Crippen molar-refractivity contribution in [2.24, 2.45) is 5.92 Å². The SMILES string of the molecule is Cc1c(B2OC(C)(C)C(C)(C)O2)cccc1-c1ccc2c(c1)C(=O)N(C)CC(=O)N2CC(C)C. The largest absolute Gasteiger partial charge is 0.495 e. The van der Waals surface area contributed by atoms with Gasteiger partial charge in [-0.15, -0.1) is 0 Å². The van der Waals surface area contributed by atoms with Crippen molar-refractivity contribution in [3.05, 3.63) is 47.5 Å². The van der Waals surface area contributed by atoms with Crippen molar-refractivity contribution in [2.45, 2.75) is 59.7 Å². The highest BCUT2D eigenvalue weighted by atomic mass is 16.7. The number of rotatable bonds is 4. The summed E-state index contributed by atoms with van der Waals surface area (Å²) in [6, 6.07) is 11.9. The fourth-order valence-electron chi connectivity index (χ4n) is 4.57. The first-order chi connectivity index (χ1) is 15.8. The zero-order valence-corrected chi connectivity index (χ0v) is 21.6. The van der Waals surface area contributed by atoms with Crippen molar-refractivity contribution in [1.82, 2.24) is 4.90 Å². The summed E-state index contributed by atoms with van der Waals surface area (Å²) in [5.74, 6) is 0.0834. The molecule has 0 spiro atoms. The molecule has 2 heterocycles. The Hall–Kier alpha value is -2.64. The number of amides is 2. The Morgan fingerprint density at radius 2 is 1.65 bits per heavy atom. The van der Waals surface area contributed by atoms with Crippen molar-refractivity contribution in [3.8, 4) is 11.1 Å². The van der Waals surface area contributed by atoms with Gasteiger partial charge in [0, 0.05) is 13.6 Å². The van der Waals surface area contributed by atoms with E-state index in [4.69, 9.17) is 9.31 Å². The fraction of sp³-hybridized carbons (Fsp3) is 0.481. The average molecular weight is 462 g/mol. The minimum atomic E-state index is -0.460. The van der Waals surface area contributed by atoms with Gasteiger partial charge in [-0.25, -0.2) is 0 Å². The number of hydrogen-bond acceptors (Lipinski definition) is 4. The number of hydrogen-bond donors (Lipinski definition) is 0. The van der Waals surface area contributed by atoms with E-state index in [1.54, 1.807) is 11.9 Å². The van der Waals surface area contributed by atoms with Crippen LogP contribution < -0.4 is 10.4 Å². The standard InChI is InChI=1S/C27H35BN2O4/c1-17(2)15-30-23-13-12-19(14-21(23)25(32)29(8)16-24(30)31)20-10-9-11-22(18(20)3)28-33-26(4,5)27(6,7)34-28/h9-14,17H,15-16H2,1-8H3. The Labute approximate surface area is 203 Å². The summed E-state index contributed by atoms with van der Waals surface area (Å²) in [4.78, 5) is 29.3. The zero-order chi connectivity index (χ0) is 25.0. The molecule has 2 aromatic rings. The maximum atomic E-state index is 13.2. The van der Waals surface area contributed by atoms with Crippen LogP contribution in [-0.4, -0.2) is 55.2 Å². The Bertz CT molecular complexity index is 1130. The third-order valence-corrected chi connectivity index (χ3v) is 7.28. The predicted molar refractivity (Wildman–Crippen MR) is 136 cm³/mol. The third kappa shape index (κ3) is 4.16. The maximum Gasteiger partial charge on any atom is 0.495 e. The quantitative estimate of drug-likeness (QED) is 0.644. The molecule has 4 rings (SSSR count). The predicted octanol–water partition coefficient (Wildman–Crippen LogP) is 4.04. The molecule has 1 fully saturated rings. The molecule has 2 aromatic carbocycles. The molecule has 34 heavy (non-hydrogen) atoms. The van der Waals surface area contributed by atoms with E-state index in [0.717, 1.165) is 22.2 Å². The molecule has 0 atom stereocenters. The number of fused-ring (bicyclic) bond motifs is 1. The van der Waals surface area contributed by atoms with E-state index < -0.39 is 18.3 Å². The summed E-state index contributed by atoms with van der Waals surface area (Å²) in [6.45, 7) is 15.0. The maximum absolute atomic E-state index is 13.2. The molecule has 2 aliphatic heterocycles. The van der Waals surface area contributed by atoms with Gasteiger partial charge in [-0.3, -0.25) is 9.59 Å². The lowest BCUT2D eigenvalue weighted by atomic mass is 9.74. The summed E-state index contributed by atoms with van der Waals surface area (Å²) in [7, 11) is 1.22. The summed E-state index contributed by atoms with van der Waals surface area (Å²) >= 11 is 0. The smallest absolute Gasteiger partial charge is 0.399 e. The van der Waals surface area contributed by atoms with E-state index in [2.05, 4.69) is 20.8 Å². The van der Waals surface area contributed by atoms with Gasteiger partial charge in [-0.2, -0.15) is 0 Å². The molecular formula is C27H35BN2O4. The van der Waals surface area contributed by atoms with Crippen molar-refractivity contribution in [2.75, 3.05) is 25.0 Å². The Morgan fingerprint density at radius 3 is 2.26 bits per heavy atom. The summed E-state index contributed by atoms with van der Waals surface area (Å²) < 4.78 is 12.6. The van der Waals surface area contributed by atoms with Gasteiger partial charge in [0.1, 0.15) is 6.54 Å². The molecular weight excluding hydrogens is 427 g/mol. The monoisotopic (exact) mass is 462 g/mol. The van der Waals surface area contributed by atoms with Gasteiger partial charge < -0.3 is 19.1 Å². The lowest BCUT2D eigenvalue weighted by Gasteiger charge is -2.32. The van der Waals surface area contributed by atoms with Gasteiger partial charge in [0.15, 0.2) is 0 Å². The number of carbonyl (C=O) groups is 2. The van der Waals surface area contributed by atoms with Crippen LogP contribution in [0.2, 0.25) is 0 Å². The molecule has 7 heteroatoms. The fourth-order valence-corrected chi connectivity index (χ4v) is 4.57. The average Bonchev–Trinajstić information content (AvgIpc) is 2.92. The van der Waals surface area contributed by atoms with E-state index in [0.29, 0.717) is 17.8 Å². The van der Waals surface area contributed by atoms with Gasteiger partial charge >= 0.3 is 7.12 Å². The van der Waals surface area contributed by atoms with Crippen LogP contribution in [0, 0.1) is 12.8 Å². The van der Waals surface area contributed by atoms with Crippen molar-refractivity contribution in [1.29, 1.82) is 0 Å². The molecule has 0 N–H and O–H groups in total. The van der Waals surface area contributed by atoms with Crippen LogP contribution in [0.5, 0.6) is 0 Å². The van der Waals surface area contributed by atoms with Crippen molar-refractivity contribution in [3.63, 3.8) is 0 Å². The van der Waals surface area contributed by atoms with E-state index >= 15 is 0 Å². The summed E-state index contributed by atoms with van der Waals surface area (Å²) in [5.41, 5.74) is 4.34. The lowest BCUT2D eigenvalue weighted by molar-refractivity contribution is -0.119. The van der Waals surface area contributed by atoms with Gasteiger partial charge in [0.2, 0.25) is 5.91 Å². The number of likely N-dealkylation sites (N-methyl/N-ethyl adjacent to an activating group) is 1. The number of nitrogens with zero attached hydrogens (tertiary/aromatic N) is 2. The Balaban J connectivity index is 1.77. The van der Waals surface area contributed by atoms with E-state index in [1.165, 1.54) is 4.90 Å². The molecule has 0 unspecified atom stereocenters. The molecule has 6 nitrogen and oxygen atoms in total. The highest BCUT2D eigenvalue weighted by molar-refractivity contribution is 6.62. The van der Waals surface area contributed by atoms with Crippen molar-refractivity contribution >= 4 is 30.1 Å². The van der Waals surface area contributed by atoms with Gasteiger partial charge in [0.05, 0.1) is 22.5 Å². The molecule has 0 saturated carbocycles. The molecule has 0 aliphatic carbocycles. The molecule has 2 aliphatic rings. The van der Waals surface area contributed by atoms with Crippen LogP contribution in [0.25, 0.3) is 11.1 Å². The van der Waals surface area contributed by atoms with Crippen molar-refractivity contribution < 1.29 is 18.9 Å². The second-order valence-corrected chi connectivity index (χ2v) is 10.9.